The molecule has 3 atom stereocenters. The smallest absolute Gasteiger partial charge is 0.318 e. The van der Waals surface area contributed by atoms with Crippen molar-refractivity contribution >= 4 is 28.2 Å². The van der Waals surface area contributed by atoms with Crippen molar-refractivity contribution in [1.82, 2.24) is 19.9 Å². The van der Waals surface area contributed by atoms with Gasteiger partial charge in [0.15, 0.2) is 0 Å². The van der Waals surface area contributed by atoms with Crippen LogP contribution < -0.4 is 9.64 Å². The molecule has 0 bridgehead atoms. The Kier molecular flexibility index (Phi) is 7.01. The van der Waals surface area contributed by atoms with E-state index in [0.29, 0.717) is 55.2 Å². The molecule has 1 fully saturated rings. The Labute approximate surface area is 244 Å². The lowest BCUT2D eigenvalue weighted by molar-refractivity contribution is 0.0265. The Morgan fingerprint density at radius 2 is 1.95 bits per heavy atom. The van der Waals surface area contributed by atoms with Gasteiger partial charge in [0.05, 0.1) is 24.6 Å². The van der Waals surface area contributed by atoms with Crippen molar-refractivity contribution < 1.29 is 13.9 Å². The Morgan fingerprint density at radius 3 is 2.78 bits per heavy atom. The molecule has 3 aliphatic rings. The lowest BCUT2D eigenvalue weighted by Crippen LogP contribution is -2.41. The van der Waals surface area contributed by atoms with Gasteiger partial charge in [-0.05, 0) is 62.4 Å². The second kappa shape index (κ2) is 10.8. The van der Waals surface area contributed by atoms with E-state index in [2.05, 4.69) is 47.0 Å². The number of hydrogen-bond donors (Lipinski definition) is 0. The molecule has 7 rings (SSSR count). The zero-order valence-electron chi connectivity index (χ0n) is 23.3. The molecule has 4 aromatic rings. The van der Waals surface area contributed by atoms with Gasteiger partial charge in [-0.3, -0.25) is 4.98 Å². The molecule has 2 aromatic heterocycles. The molecule has 0 radical (unpaired) electrons. The fraction of sp³-hybridized carbons (Fsp3) is 0.406. The van der Waals surface area contributed by atoms with Crippen LogP contribution in [-0.2, 0) is 30.7 Å². The third kappa shape index (κ3) is 4.92. The first-order chi connectivity index (χ1) is 20.0. The van der Waals surface area contributed by atoms with Gasteiger partial charge in [-0.2, -0.15) is 9.97 Å². The number of nitrogens with zero attached hydrogens (tertiary/aromatic N) is 5. The van der Waals surface area contributed by atoms with Crippen LogP contribution in [0, 0.1) is 5.82 Å². The van der Waals surface area contributed by atoms with Gasteiger partial charge >= 0.3 is 6.01 Å². The van der Waals surface area contributed by atoms with Crippen LogP contribution in [0.1, 0.15) is 53.8 Å². The molecule has 0 aliphatic carbocycles. The first-order valence-corrected chi connectivity index (χ1v) is 14.7. The van der Waals surface area contributed by atoms with Crippen LogP contribution >= 0.6 is 11.6 Å². The van der Waals surface area contributed by atoms with E-state index in [-0.39, 0.29) is 18.0 Å². The number of halogens is 2. The van der Waals surface area contributed by atoms with Gasteiger partial charge in [-0.25, -0.2) is 4.39 Å². The first kappa shape index (κ1) is 26.6. The van der Waals surface area contributed by atoms with Gasteiger partial charge in [0, 0.05) is 52.8 Å². The Hall–Kier alpha value is -3.33. The number of rotatable bonds is 5. The van der Waals surface area contributed by atoms with Gasteiger partial charge in [-0.15, -0.1) is 0 Å². The predicted octanol–water partition coefficient (Wildman–Crippen LogP) is 6.06. The molecule has 1 unspecified atom stereocenters. The van der Waals surface area contributed by atoms with E-state index < -0.39 is 0 Å². The average Bonchev–Trinajstić information content (AvgIpc) is 3.39. The molecule has 9 heteroatoms. The molecule has 41 heavy (non-hydrogen) atoms. The highest BCUT2D eigenvalue weighted by Gasteiger charge is 2.34. The summed E-state index contributed by atoms with van der Waals surface area (Å²) in [7, 11) is 2.13. The normalized spacial score (nSPS) is 22.5. The number of aromatic nitrogens is 3. The van der Waals surface area contributed by atoms with Crippen molar-refractivity contribution in [3.63, 3.8) is 0 Å². The van der Waals surface area contributed by atoms with E-state index in [4.69, 9.17) is 31.0 Å². The minimum absolute atomic E-state index is 0.0912. The molecule has 3 aliphatic heterocycles. The number of fused-ring (bicyclic) bond motifs is 3. The SMILES string of the molecule is CC1Cc2cncc(F)c2CN1c1nc(OC[C@@H]2CCCN2C)nc2c1CO[C@H](c1cccc3cccc(Cl)c13)C2. The summed E-state index contributed by atoms with van der Waals surface area (Å²) >= 11 is 6.67. The third-order valence-corrected chi connectivity index (χ3v) is 9.22. The Morgan fingerprint density at radius 1 is 1.10 bits per heavy atom. The third-order valence-electron chi connectivity index (χ3n) is 8.91. The summed E-state index contributed by atoms with van der Waals surface area (Å²) in [5.41, 5.74) is 4.49. The second-order valence-electron chi connectivity index (χ2n) is 11.5. The molecule has 0 N–H and O–H groups in total. The van der Waals surface area contributed by atoms with Crippen molar-refractivity contribution in [3.8, 4) is 6.01 Å². The molecule has 0 amide bonds. The Bertz CT molecular complexity index is 1610. The highest BCUT2D eigenvalue weighted by molar-refractivity contribution is 6.35. The van der Waals surface area contributed by atoms with E-state index in [0.717, 1.165) is 51.9 Å². The summed E-state index contributed by atoms with van der Waals surface area (Å²) < 4.78 is 27.6. The van der Waals surface area contributed by atoms with Crippen LogP contribution in [0.4, 0.5) is 10.2 Å². The van der Waals surface area contributed by atoms with Crippen LogP contribution in [0.5, 0.6) is 6.01 Å². The lowest BCUT2D eigenvalue weighted by Gasteiger charge is -2.38. The van der Waals surface area contributed by atoms with Crippen molar-refractivity contribution in [1.29, 1.82) is 0 Å². The second-order valence-corrected chi connectivity index (χ2v) is 11.9. The van der Waals surface area contributed by atoms with Crippen LogP contribution in [0.3, 0.4) is 0 Å². The minimum Gasteiger partial charge on any atom is -0.462 e. The monoisotopic (exact) mass is 573 g/mol. The molecular formula is C32H33ClFN5O2. The van der Waals surface area contributed by atoms with E-state index >= 15 is 0 Å². The van der Waals surface area contributed by atoms with Gasteiger partial charge < -0.3 is 19.3 Å². The number of anilines is 1. The Balaban J connectivity index is 1.27. The fourth-order valence-corrected chi connectivity index (χ4v) is 6.87. The summed E-state index contributed by atoms with van der Waals surface area (Å²) in [5, 5.41) is 2.79. The molecule has 0 saturated carbocycles. The summed E-state index contributed by atoms with van der Waals surface area (Å²) in [6, 6.07) is 12.9. The van der Waals surface area contributed by atoms with E-state index in [1.807, 2.05) is 18.2 Å². The van der Waals surface area contributed by atoms with Crippen LogP contribution in [0.2, 0.25) is 5.02 Å². The van der Waals surface area contributed by atoms with Gasteiger partial charge in [-0.1, -0.05) is 41.9 Å². The van der Waals surface area contributed by atoms with E-state index in [9.17, 15) is 4.39 Å². The lowest BCUT2D eigenvalue weighted by atomic mass is 9.93. The van der Waals surface area contributed by atoms with Gasteiger partial charge in [0.25, 0.3) is 0 Å². The van der Waals surface area contributed by atoms with Crippen LogP contribution in [0.15, 0.2) is 48.8 Å². The number of pyridine rings is 1. The van der Waals surface area contributed by atoms with Gasteiger partial charge in [0.1, 0.15) is 18.2 Å². The number of benzene rings is 2. The molecule has 212 valence electrons. The van der Waals surface area contributed by atoms with Gasteiger partial charge in [0.2, 0.25) is 0 Å². The highest BCUT2D eigenvalue weighted by Crippen LogP contribution is 2.40. The zero-order valence-corrected chi connectivity index (χ0v) is 24.1. The van der Waals surface area contributed by atoms with Crippen LogP contribution in [-0.4, -0.2) is 52.1 Å². The van der Waals surface area contributed by atoms with E-state index in [1.54, 1.807) is 6.20 Å². The number of hydrogen-bond acceptors (Lipinski definition) is 7. The average molecular weight is 574 g/mol. The minimum atomic E-state index is -0.285. The summed E-state index contributed by atoms with van der Waals surface area (Å²) in [6.45, 7) is 4.49. The molecule has 0 spiro atoms. The van der Waals surface area contributed by atoms with Crippen molar-refractivity contribution in [2.45, 2.75) is 63.9 Å². The summed E-state index contributed by atoms with van der Waals surface area (Å²) in [4.78, 5) is 18.5. The maximum absolute atomic E-state index is 14.8. The van der Waals surface area contributed by atoms with Crippen LogP contribution in [0.25, 0.3) is 10.8 Å². The molecule has 7 nitrogen and oxygen atoms in total. The van der Waals surface area contributed by atoms with Crippen molar-refractivity contribution in [2.75, 3.05) is 25.1 Å². The summed E-state index contributed by atoms with van der Waals surface area (Å²) in [6.07, 6.45) is 6.35. The molecule has 5 heterocycles. The highest BCUT2D eigenvalue weighted by atomic mass is 35.5. The predicted molar refractivity (Wildman–Crippen MR) is 157 cm³/mol. The molecule has 1 saturated heterocycles. The number of likely N-dealkylation sites (tertiary alicyclic amines) is 1. The maximum atomic E-state index is 14.8. The largest absolute Gasteiger partial charge is 0.462 e. The van der Waals surface area contributed by atoms with E-state index in [1.165, 1.54) is 12.6 Å². The number of ether oxygens (including phenoxy) is 2. The topological polar surface area (TPSA) is 63.6 Å². The number of likely N-dealkylation sites (N-methyl/N-ethyl adjacent to an activating group) is 1. The van der Waals surface area contributed by atoms with Crippen molar-refractivity contribution in [3.05, 3.63) is 87.6 Å². The zero-order chi connectivity index (χ0) is 28.1. The molecule has 2 aromatic carbocycles. The van der Waals surface area contributed by atoms with Crippen molar-refractivity contribution in [2.24, 2.45) is 0 Å². The maximum Gasteiger partial charge on any atom is 0.318 e. The molecular weight excluding hydrogens is 541 g/mol. The standard InChI is InChI=1S/C32H33ClFN5O2/c1-19-12-21-14-35-15-27(34)24(21)16-39(19)31-25-18-40-29(23-9-3-6-20-7-4-10-26(33)30(20)23)13-28(25)36-32(37-31)41-17-22-8-5-11-38(22)2/h3-4,6-7,9-10,14-15,19,22,29H,5,8,11-13,16-18H2,1-2H3/t19?,22-,29-/m0/s1. The first-order valence-electron chi connectivity index (χ1n) is 14.4. The summed E-state index contributed by atoms with van der Waals surface area (Å²) in [5.74, 6) is 0.473. The quantitative estimate of drug-likeness (QED) is 0.288. The fourth-order valence-electron chi connectivity index (χ4n) is 6.58.